The van der Waals surface area contributed by atoms with Crippen LogP contribution < -0.4 is 0 Å². The molecular formula is C76H152O14. The predicted molar refractivity (Wildman–Crippen MR) is 369 cm³/mol. The summed E-state index contributed by atoms with van der Waals surface area (Å²) in [5.74, 6) is 12.5. The molecule has 14 nitrogen and oxygen atoms in total. The van der Waals surface area contributed by atoms with E-state index in [2.05, 4.69) is 138 Å². The summed E-state index contributed by atoms with van der Waals surface area (Å²) in [4.78, 5) is 0. The molecule has 2 unspecified atom stereocenters. The predicted octanol–water partition coefficient (Wildman–Crippen LogP) is 12.4. The van der Waals surface area contributed by atoms with E-state index in [1.165, 1.54) is 0 Å². The smallest absolute Gasteiger partial charge is 0.0802 e. The highest BCUT2D eigenvalue weighted by atomic mass is 16.3. The molecular weight excluding hydrogens is 1140 g/mol. The van der Waals surface area contributed by atoms with E-state index in [1.807, 2.05) is 27.7 Å². The number of aliphatic hydroxyl groups excluding tert-OH is 10. The normalized spacial score (nSPS) is 40.4. The summed E-state index contributed by atoms with van der Waals surface area (Å²) < 4.78 is 0. The minimum absolute atomic E-state index is 0.0417. The zero-order valence-electron chi connectivity index (χ0n) is 62.3. The Labute approximate surface area is 552 Å². The topological polar surface area (TPSA) is 283 Å². The molecule has 0 saturated heterocycles. The van der Waals surface area contributed by atoms with Crippen LogP contribution in [0.15, 0.2) is 0 Å². The van der Waals surface area contributed by atoms with Gasteiger partial charge < -0.3 is 71.5 Å². The molecule has 0 radical (unpaired) electrons. The van der Waals surface area contributed by atoms with E-state index in [9.17, 15) is 40.9 Å². The van der Waals surface area contributed by atoms with Crippen molar-refractivity contribution in [3.63, 3.8) is 0 Å². The van der Waals surface area contributed by atoms with Gasteiger partial charge in [0.25, 0.3) is 0 Å². The summed E-state index contributed by atoms with van der Waals surface area (Å²) in [6, 6.07) is 0. The minimum Gasteiger partial charge on any atom is -0.393 e. The van der Waals surface area contributed by atoms with Gasteiger partial charge in [-0.1, -0.05) is 138 Å². The summed E-state index contributed by atoms with van der Waals surface area (Å²) in [7, 11) is 0. The number of rotatable bonds is 10. The van der Waals surface area contributed by atoms with Crippen LogP contribution in [-0.2, 0) is 0 Å². The van der Waals surface area contributed by atoms with Crippen LogP contribution in [0.5, 0.6) is 0 Å². The van der Waals surface area contributed by atoms with Crippen molar-refractivity contribution in [2.24, 2.45) is 118 Å². The van der Waals surface area contributed by atoms with Crippen molar-refractivity contribution < 1.29 is 71.5 Å². The minimum atomic E-state index is -0.478. The third kappa shape index (κ3) is 33.6. The molecule has 0 heterocycles. The first kappa shape index (κ1) is 87.5. The van der Waals surface area contributed by atoms with Gasteiger partial charge in [-0.05, 0) is 262 Å². The number of hydrogen-bond acceptors (Lipinski definition) is 14. The molecule has 0 aromatic rings. The lowest BCUT2D eigenvalue weighted by Gasteiger charge is -2.17. The Kier molecular flexibility index (Phi) is 38.0. The highest BCUT2D eigenvalue weighted by Gasteiger charge is 2.52. The van der Waals surface area contributed by atoms with Crippen LogP contribution in [0.2, 0.25) is 0 Å². The molecule has 0 aliphatic heterocycles. The average Bonchev–Trinajstić information content (AvgIpc) is 1.83. The quantitative estimate of drug-likeness (QED) is 0.0906. The maximum atomic E-state index is 9.41. The summed E-state index contributed by atoms with van der Waals surface area (Å²) in [5, 5.41) is 129. The Bertz CT molecular complexity index is 1650. The highest BCUT2D eigenvalue weighted by Crippen LogP contribution is 2.50. The molecule has 14 heteroatoms. The first-order valence-corrected chi connectivity index (χ1v) is 36.7. The molecule has 540 valence electrons. The van der Waals surface area contributed by atoms with Gasteiger partial charge in [-0.2, -0.15) is 0 Å². The van der Waals surface area contributed by atoms with E-state index in [0.717, 1.165) is 116 Å². The van der Waals surface area contributed by atoms with Crippen LogP contribution >= 0.6 is 0 Å². The van der Waals surface area contributed by atoms with Gasteiger partial charge in [0.2, 0.25) is 0 Å². The fourth-order valence-corrected chi connectivity index (χ4v) is 14.3. The molecule has 0 aromatic heterocycles. The SMILES string of the molecule is CC(C)C1CC[C@@H](O)[C@@H](O)CC1.CC(C)C1CC[C@H](O)[C@@H](O)CC1.CC(C)C1C[C@@H](O)[C@@H](O)C1.CC(C)C1C[C@H](O)[C@@H](O)C1.CC(C)[C@@H]1C[C@@]1(C)O.CC(C)[C@@H]1C[C@]1(C)O.CC(C)[C@H]1C[C@@H]1O.CC(C)[C@H]1C[C@@]1(C)O.CC(C)[C@H]1C[C@H]1O.CC(C)[C@H]1C[C@]1(C)O. The van der Waals surface area contributed by atoms with Crippen LogP contribution in [-0.4, -0.2) is 155 Å². The van der Waals surface area contributed by atoms with Crippen LogP contribution in [0.4, 0.5) is 0 Å². The van der Waals surface area contributed by atoms with E-state index in [0.29, 0.717) is 118 Å². The van der Waals surface area contributed by atoms with Gasteiger partial charge in [-0.25, -0.2) is 0 Å². The first-order valence-electron chi connectivity index (χ1n) is 36.7. The van der Waals surface area contributed by atoms with E-state index in [-0.39, 0.29) is 34.6 Å². The molecule has 0 amide bonds. The fraction of sp³-hybridized carbons (Fsp3) is 1.00. The first-order chi connectivity index (χ1) is 41.0. The molecule has 0 aromatic carbocycles. The maximum Gasteiger partial charge on any atom is 0.0802 e. The van der Waals surface area contributed by atoms with Crippen LogP contribution in [0, 0.1) is 118 Å². The van der Waals surface area contributed by atoms with Crippen molar-refractivity contribution in [2.75, 3.05) is 0 Å². The summed E-state index contributed by atoms with van der Waals surface area (Å²) in [5.41, 5.74) is -1.25. The molecule has 10 aliphatic rings. The van der Waals surface area contributed by atoms with Crippen molar-refractivity contribution >= 4 is 0 Å². The molecule has 10 aliphatic carbocycles. The Morgan fingerprint density at radius 2 is 0.367 bits per heavy atom. The fourth-order valence-electron chi connectivity index (χ4n) is 14.3. The van der Waals surface area contributed by atoms with Gasteiger partial charge in [0.05, 0.1) is 83.4 Å². The second-order valence-electron chi connectivity index (χ2n) is 34.9. The molecule has 22 atom stereocenters. The monoisotopic (exact) mass is 1290 g/mol. The van der Waals surface area contributed by atoms with Crippen molar-refractivity contribution in [3.8, 4) is 0 Å². The second kappa shape index (κ2) is 39.1. The largest absolute Gasteiger partial charge is 0.393 e. The van der Waals surface area contributed by atoms with Gasteiger partial charge in [0.1, 0.15) is 0 Å². The Hall–Kier alpha value is -0.560. The van der Waals surface area contributed by atoms with Gasteiger partial charge >= 0.3 is 0 Å². The lowest BCUT2D eigenvalue weighted by molar-refractivity contribution is 0.0157. The molecule has 10 fully saturated rings. The standard InChI is InChI=1S/2C10H20O2.2C8H16O2.4C7H14O.2C6H12O/c2*1-7(2)8-3-5-9(11)10(12)6-4-8;2*1-5(2)6-3-7(9)8(10)4-6;4*1-5(2)6-4-7(6,3)8;2*1-4(2)5-3-6(5)7/h2*7-12H,3-6H2,1-2H3;2*5-10H,3-4H2,1-2H3;4*5-6,8H,4H2,1-3H3;2*4-7H,3H2,1-2H3/t9-,10-;8?,9-,10+;7-,8-;6?,7-,8+;2*6-,7+;2*6-,7-;5-,6+;5-,6-/m0.0.101011/s1. The highest BCUT2D eigenvalue weighted by molar-refractivity contribution is 5.03. The second-order valence-corrected chi connectivity index (χ2v) is 34.9. The Balaban J connectivity index is 0.000000502. The average molecular weight is 1290 g/mol. The van der Waals surface area contributed by atoms with Gasteiger partial charge in [-0.15, -0.1) is 0 Å². The summed E-state index contributed by atoms with van der Waals surface area (Å²) in [6.45, 7) is 50.9. The lowest BCUT2D eigenvalue weighted by atomic mass is 9.89. The van der Waals surface area contributed by atoms with Crippen LogP contribution in [0.3, 0.4) is 0 Å². The number of aliphatic hydroxyl groups is 14. The molecule has 14 N–H and O–H groups in total. The van der Waals surface area contributed by atoms with E-state index >= 15 is 0 Å². The van der Waals surface area contributed by atoms with E-state index < -0.39 is 48.8 Å². The molecule has 10 saturated carbocycles. The van der Waals surface area contributed by atoms with E-state index in [4.69, 9.17) is 30.6 Å². The van der Waals surface area contributed by atoms with Gasteiger partial charge in [-0.3, -0.25) is 0 Å². The zero-order chi connectivity index (χ0) is 70.0. The van der Waals surface area contributed by atoms with Crippen LogP contribution in [0.1, 0.15) is 282 Å². The Morgan fingerprint density at radius 1 is 0.211 bits per heavy atom. The number of hydrogen-bond donors (Lipinski definition) is 14. The zero-order valence-corrected chi connectivity index (χ0v) is 62.3. The summed E-state index contributed by atoms with van der Waals surface area (Å²) >= 11 is 0. The lowest BCUT2D eigenvalue weighted by Crippen LogP contribution is -2.23. The maximum absolute atomic E-state index is 9.41. The molecule has 90 heavy (non-hydrogen) atoms. The van der Waals surface area contributed by atoms with Crippen molar-refractivity contribution in [3.05, 3.63) is 0 Å². The van der Waals surface area contributed by atoms with Crippen molar-refractivity contribution in [2.45, 2.75) is 365 Å². The van der Waals surface area contributed by atoms with Gasteiger partial charge in [0.15, 0.2) is 0 Å². The van der Waals surface area contributed by atoms with Gasteiger partial charge in [0, 0.05) is 0 Å². The van der Waals surface area contributed by atoms with Crippen LogP contribution in [0.25, 0.3) is 0 Å². The van der Waals surface area contributed by atoms with Crippen molar-refractivity contribution in [1.29, 1.82) is 0 Å². The van der Waals surface area contributed by atoms with E-state index in [1.54, 1.807) is 0 Å². The Morgan fingerprint density at radius 3 is 0.433 bits per heavy atom. The molecule has 0 bridgehead atoms. The van der Waals surface area contributed by atoms with Crippen molar-refractivity contribution in [1.82, 2.24) is 0 Å². The third-order valence-corrected chi connectivity index (χ3v) is 22.7. The third-order valence-electron chi connectivity index (χ3n) is 22.7. The molecule has 0 spiro atoms. The summed E-state index contributed by atoms with van der Waals surface area (Å²) in [6.07, 6.45) is 12.8. The molecule has 10 rings (SSSR count).